The third-order valence-electron chi connectivity index (χ3n) is 5.66. The molecule has 0 radical (unpaired) electrons. The van der Waals surface area contributed by atoms with E-state index < -0.39 is 18.1 Å². The van der Waals surface area contributed by atoms with Crippen molar-refractivity contribution >= 4 is 23.5 Å². The molecule has 3 aromatic rings. The molecule has 0 saturated carbocycles. The minimum Gasteiger partial charge on any atom is -0.480 e. The Morgan fingerprint density at radius 1 is 0.968 bits per heavy atom. The van der Waals surface area contributed by atoms with Gasteiger partial charge in [0.25, 0.3) is 5.91 Å². The number of benzene rings is 3. The van der Waals surface area contributed by atoms with Gasteiger partial charge in [-0.2, -0.15) is 5.26 Å². The molecule has 1 amide bonds. The van der Waals surface area contributed by atoms with Crippen LogP contribution in [-0.4, -0.2) is 27.9 Å². The quantitative estimate of drug-likeness (QED) is 0.608. The minimum absolute atomic E-state index is 0.352. The second kappa shape index (κ2) is 8.63. The van der Waals surface area contributed by atoms with E-state index in [1.165, 1.54) is 4.90 Å². The Kier molecular flexibility index (Phi) is 5.75. The second-order valence-electron chi connectivity index (χ2n) is 7.42. The first kappa shape index (κ1) is 20.6. The van der Waals surface area contributed by atoms with Gasteiger partial charge in [0.05, 0.1) is 17.7 Å². The number of aliphatic carboxylic acids is 1. The summed E-state index contributed by atoms with van der Waals surface area (Å²) in [5, 5.41) is 19.6. The van der Waals surface area contributed by atoms with Crippen LogP contribution in [0.2, 0.25) is 5.02 Å². The van der Waals surface area contributed by atoms with Crippen molar-refractivity contribution < 1.29 is 14.7 Å². The molecular formula is C25H19ClN2O3. The van der Waals surface area contributed by atoms with E-state index >= 15 is 0 Å². The SMILES string of the molecule is N#Cc1ccccc1-c1ccc(C(=O)N2[C@@H](c3ccccc3Cl)CC[C@H]2C(=O)O)cc1. The Labute approximate surface area is 185 Å². The van der Waals surface area contributed by atoms with E-state index in [0.29, 0.717) is 29.0 Å². The number of likely N-dealkylation sites (tertiary alicyclic amines) is 1. The number of hydrogen-bond acceptors (Lipinski definition) is 3. The topological polar surface area (TPSA) is 81.4 Å². The van der Waals surface area contributed by atoms with Crippen molar-refractivity contribution in [2.45, 2.75) is 24.9 Å². The molecule has 154 valence electrons. The average molecular weight is 431 g/mol. The Bertz CT molecular complexity index is 1180. The number of carboxylic acid groups (broad SMARTS) is 1. The summed E-state index contributed by atoms with van der Waals surface area (Å²) in [6.07, 6.45) is 0.894. The number of hydrogen-bond donors (Lipinski definition) is 1. The summed E-state index contributed by atoms with van der Waals surface area (Å²) in [5.41, 5.74) is 3.28. The van der Waals surface area contributed by atoms with Crippen molar-refractivity contribution in [3.05, 3.63) is 94.5 Å². The molecule has 3 aromatic carbocycles. The van der Waals surface area contributed by atoms with Crippen LogP contribution in [-0.2, 0) is 4.79 Å². The van der Waals surface area contributed by atoms with E-state index in [0.717, 1.165) is 16.7 Å². The van der Waals surface area contributed by atoms with Crippen LogP contribution in [0.15, 0.2) is 72.8 Å². The first-order valence-corrected chi connectivity index (χ1v) is 10.3. The number of amides is 1. The molecule has 6 heteroatoms. The fourth-order valence-electron chi connectivity index (χ4n) is 4.16. The van der Waals surface area contributed by atoms with Crippen molar-refractivity contribution in [2.75, 3.05) is 0 Å². The molecule has 1 N–H and O–H groups in total. The number of halogens is 1. The smallest absolute Gasteiger partial charge is 0.326 e. The molecule has 1 fully saturated rings. The summed E-state index contributed by atoms with van der Waals surface area (Å²) in [4.78, 5) is 26.7. The zero-order valence-electron chi connectivity index (χ0n) is 16.5. The van der Waals surface area contributed by atoms with Crippen LogP contribution in [0.3, 0.4) is 0 Å². The van der Waals surface area contributed by atoms with Gasteiger partial charge >= 0.3 is 5.97 Å². The molecule has 2 atom stereocenters. The Hall–Kier alpha value is -3.62. The molecule has 1 aliphatic heterocycles. The highest BCUT2D eigenvalue weighted by Gasteiger charge is 2.42. The molecule has 0 spiro atoms. The van der Waals surface area contributed by atoms with Gasteiger partial charge in [0.15, 0.2) is 0 Å². The van der Waals surface area contributed by atoms with Gasteiger partial charge in [-0.05, 0) is 53.8 Å². The van der Waals surface area contributed by atoms with Gasteiger partial charge in [-0.3, -0.25) is 4.79 Å². The predicted octanol–water partition coefficient (Wildman–Crippen LogP) is 5.31. The van der Waals surface area contributed by atoms with Gasteiger partial charge < -0.3 is 10.0 Å². The number of nitriles is 1. The Morgan fingerprint density at radius 2 is 1.65 bits per heavy atom. The van der Waals surface area contributed by atoms with Crippen LogP contribution in [0.4, 0.5) is 0 Å². The second-order valence-corrected chi connectivity index (χ2v) is 7.82. The molecule has 31 heavy (non-hydrogen) atoms. The maximum absolute atomic E-state index is 13.4. The van der Waals surface area contributed by atoms with Crippen LogP contribution in [0.5, 0.6) is 0 Å². The van der Waals surface area contributed by atoms with Gasteiger partial charge in [-0.1, -0.05) is 60.1 Å². The molecule has 1 aliphatic rings. The van der Waals surface area contributed by atoms with Crippen molar-refractivity contribution in [3.63, 3.8) is 0 Å². The van der Waals surface area contributed by atoms with Gasteiger partial charge in [0.1, 0.15) is 6.04 Å². The van der Waals surface area contributed by atoms with Crippen LogP contribution in [0.25, 0.3) is 11.1 Å². The van der Waals surface area contributed by atoms with Crippen LogP contribution < -0.4 is 0 Å². The number of carbonyl (C=O) groups is 2. The largest absolute Gasteiger partial charge is 0.480 e. The molecule has 1 saturated heterocycles. The minimum atomic E-state index is -1.03. The van der Waals surface area contributed by atoms with E-state index in [-0.39, 0.29) is 5.91 Å². The summed E-state index contributed by atoms with van der Waals surface area (Å²) < 4.78 is 0. The van der Waals surface area contributed by atoms with E-state index in [1.807, 2.05) is 24.3 Å². The van der Waals surface area contributed by atoms with E-state index in [2.05, 4.69) is 6.07 Å². The van der Waals surface area contributed by atoms with Crippen LogP contribution in [0.1, 0.15) is 40.4 Å². The van der Waals surface area contributed by atoms with E-state index in [4.69, 9.17) is 11.6 Å². The van der Waals surface area contributed by atoms with E-state index in [9.17, 15) is 20.0 Å². The lowest BCUT2D eigenvalue weighted by atomic mass is 9.99. The molecule has 5 nitrogen and oxygen atoms in total. The van der Waals surface area contributed by atoms with Gasteiger partial charge in [0, 0.05) is 10.6 Å². The first-order valence-electron chi connectivity index (χ1n) is 9.90. The zero-order chi connectivity index (χ0) is 22.0. The van der Waals surface area contributed by atoms with E-state index in [1.54, 1.807) is 48.5 Å². The summed E-state index contributed by atoms with van der Waals surface area (Å²) in [5.74, 6) is -1.38. The number of rotatable bonds is 4. The average Bonchev–Trinajstić information content (AvgIpc) is 3.24. The molecular weight excluding hydrogens is 412 g/mol. The Morgan fingerprint density at radius 3 is 2.32 bits per heavy atom. The fourth-order valence-corrected chi connectivity index (χ4v) is 4.42. The van der Waals surface area contributed by atoms with Crippen molar-refractivity contribution in [3.8, 4) is 17.2 Å². The Balaban J connectivity index is 1.68. The molecule has 4 rings (SSSR count). The molecule has 0 unspecified atom stereocenters. The first-order chi connectivity index (χ1) is 15.0. The summed E-state index contributed by atoms with van der Waals surface area (Å²) in [7, 11) is 0. The lowest BCUT2D eigenvalue weighted by Crippen LogP contribution is -2.41. The maximum atomic E-state index is 13.4. The number of nitrogens with zero attached hydrogens (tertiary/aromatic N) is 2. The lowest BCUT2D eigenvalue weighted by Gasteiger charge is -2.29. The van der Waals surface area contributed by atoms with Crippen LogP contribution in [0, 0.1) is 11.3 Å². The third kappa shape index (κ3) is 3.90. The molecule has 0 bridgehead atoms. The lowest BCUT2D eigenvalue weighted by molar-refractivity contribution is -0.141. The van der Waals surface area contributed by atoms with Gasteiger partial charge in [0.2, 0.25) is 0 Å². The number of carbonyl (C=O) groups excluding carboxylic acids is 1. The number of carboxylic acids is 1. The molecule has 1 heterocycles. The summed E-state index contributed by atoms with van der Waals surface area (Å²) in [6, 6.07) is 22.2. The molecule has 0 aromatic heterocycles. The maximum Gasteiger partial charge on any atom is 0.326 e. The van der Waals surface area contributed by atoms with Gasteiger partial charge in [-0.25, -0.2) is 4.79 Å². The summed E-state index contributed by atoms with van der Waals surface area (Å²) >= 11 is 6.35. The normalized spacial score (nSPS) is 17.9. The predicted molar refractivity (Wildman–Crippen MR) is 118 cm³/mol. The van der Waals surface area contributed by atoms with Crippen LogP contribution >= 0.6 is 11.6 Å². The standard InChI is InChI=1S/C25H19ClN2O3/c26-21-8-4-3-7-20(21)22-13-14-23(25(30)31)28(22)24(29)17-11-9-16(10-12-17)19-6-2-1-5-18(19)15-27/h1-12,22-23H,13-14H2,(H,30,31)/t22-,23+/m1/s1. The monoisotopic (exact) mass is 430 g/mol. The van der Waals surface area contributed by atoms with Crippen molar-refractivity contribution in [2.24, 2.45) is 0 Å². The third-order valence-corrected chi connectivity index (χ3v) is 6.00. The highest BCUT2D eigenvalue weighted by atomic mass is 35.5. The fraction of sp³-hybridized carbons (Fsp3) is 0.160. The van der Waals surface area contributed by atoms with Crippen molar-refractivity contribution in [1.82, 2.24) is 4.90 Å². The van der Waals surface area contributed by atoms with Crippen molar-refractivity contribution in [1.29, 1.82) is 5.26 Å². The highest BCUT2D eigenvalue weighted by molar-refractivity contribution is 6.31. The zero-order valence-corrected chi connectivity index (χ0v) is 17.3. The summed E-state index contributed by atoms with van der Waals surface area (Å²) in [6.45, 7) is 0. The molecule has 0 aliphatic carbocycles. The van der Waals surface area contributed by atoms with Gasteiger partial charge in [-0.15, -0.1) is 0 Å². The highest BCUT2D eigenvalue weighted by Crippen LogP contribution is 2.40.